The van der Waals surface area contributed by atoms with E-state index in [4.69, 9.17) is 4.74 Å². The van der Waals surface area contributed by atoms with Crippen LogP contribution < -0.4 is 15.1 Å². The van der Waals surface area contributed by atoms with Crippen LogP contribution in [0.2, 0.25) is 0 Å². The summed E-state index contributed by atoms with van der Waals surface area (Å²) in [5.74, 6) is 0.426. The van der Waals surface area contributed by atoms with Crippen LogP contribution in [0, 0.1) is 5.82 Å². The number of morpholine rings is 1. The van der Waals surface area contributed by atoms with Crippen LogP contribution in [-0.2, 0) is 4.74 Å². The average molecular weight is 374 g/mol. The number of anilines is 3. The second-order valence-electron chi connectivity index (χ2n) is 7.06. The third kappa shape index (κ3) is 4.47. The SMILES string of the molecule is Fc1cccc(N2C[C@@H](F)C[C@@H](Nc3cc(N4CCOCC4)ccn3)C2)c1. The summed E-state index contributed by atoms with van der Waals surface area (Å²) < 4.78 is 33.2. The van der Waals surface area contributed by atoms with E-state index in [0.717, 1.165) is 37.8 Å². The van der Waals surface area contributed by atoms with E-state index in [-0.39, 0.29) is 18.4 Å². The van der Waals surface area contributed by atoms with Gasteiger partial charge in [-0.3, -0.25) is 0 Å². The molecule has 0 bridgehead atoms. The maximum Gasteiger partial charge on any atom is 0.128 e. The highest BCUT2D eigenvalue weighted by Gasteiger charge is 2.28. The molecule has 27 heavy (non-hydrogen) atoms. The largest absolute Gasteiger partial charge is 0.378 e. The fourth-order valence-electron chi connectivity index (χ4n) is 3.75. The molecule has 5 nitrogen and oxygen atoms in total. The van der Waals surface area contributed by atoms with Gasteiger partial charge in [-0.1, -0.05) is 6.07 Å². The fraction of sp³-hybridized carbons (Fsp3) is 0.450. The molecule has 1 aromatic carbocycles. The van der Waals surface area contributed by atoms with Gasteiger partial charge in [0.05, 0.1) is 13.2 Å². The molecule has 2 aliphatic heterocycles. The first kappa shape index (κ1) is 18.0. The summed E-state index contributed by atoms with van der Waals surface area (Å²) in [6.07, 6.45) is 1.21. The topological polar surface area (TPSA) is 40.6 Å². The lowest BCUT2D eigenvalue weighted by Gasteiger charge is -2.37. The summed E-state index contributed by atoms with van der Waals surface area (Å²) in [6, 6.07) is 10.2. The van der Waals surface area contributed by atoms with Gasteiger partial charge in [0.15, 0.2) is 0 Å². The number of ether oxygens (including phenoxy) is 1. The first-order valence-electron chi connectivity index (χ1n) is 9.37. The van der Waals surface area contributed by atoms with Crippen LogP contribution in [0.25, 0.3) is 0 Å². The summed E-state index contributed by atoms with van der Waals surface area (Å²) in [5, 5.41) is 3.36. The van der Waals surface area contributed by atoms with Gasteiger partial charge in [-0.25, -0.2) is 13.8 Å². The zero-order valence-electron chi connectivity index (χ0n) is 15.2. The Bertz CT molecular complexity index is 769. The highest BCUT2D eigenvalue weighted by Crippen LogP contribution is 2.25. The van der Waals surface area contributed by atoms with E-state index in [2.05, 4.69) is 15.2 Å². The van der Waals surface area contributed by atoms with Crippen molar-refractivity contribution < 1.29 is 13.5 Å². The van der Waals surface area contributed by atoms with Gasteiger partial charge in [-0.2, -0.15) is 0 Å². The summed E-state index contributed by atoms with van der Waals surface area (Å²) in [4.78, 5) is 8.54. The quantitative estimate of drug-likeness (QED) is 0.891. The van der Waals surface area contributed by atoms with E-state index in [1.807, 2.05) is 23.1 Å². The molecule has 0 amide bonds. The number of nitrogens with one attached hydrogen (secondary N) is 1. The Morgan fingerprint density at radius 3 is 2.67 bits per heavy atom. The van der Waals surface area contributed by atoms with Gasteiger partial charge in [0.1, 0.15) is 17.8 Å². The average Bonchev–Trinajstić information content (AvgIpc) is 2.68. The number of halogens is 2. The van der Waals surface area contributed by atoms with E-state index in [1.165, 1.54) is 12.1 Å². The van der Waals surface area contributed by atoms with Crippen molar-refractivity contribution in [2.75, 3.05) is 54.5 Å². The summed E-state index contributed by atoms with van der Waals surface area (Å²) in [6.45, 7) is 4.04. The third-order valence-electron chi connectivity index (χ3n) is 5.04. The van der Waals surface area contributed by atoms with Crippen molar-refractivity contribution in [3.63, 3.8) is 0 Å². The molecule has 1 N–H and O–H groups in total. The number of hydrogen-bond donors (Lipinski definition) is 1. The number of aromatic nitrogens is 1. The van der Waals surface area contributed by atoms with Gasteiger partial charge in [0.25, 0.3) is 0 Å². The zero-order valence-corrected chi connectivity index (χ0v) is 15.2. The number of nitrogens with zero attached hydrogens (tertiary/aromatic N) is 3. The Hall–Kier alpha value is -2.41. The molecule has 2 atom stereocenters. The minimum atomic E-state index is -0.970. The molecule has 3 heterocycles. The number of benzene rings is 1. The molecule has 0 saturated carbocycles. The van der Waals surface area contributed by atoms with E-state index in [0.29, 0.717) is 18.7 Å². The molecule has 7 heteroatoms. The summed E-state index contributed by atoms with van der Waals surface area (Å²) in [7, 11) is 0. The Labute approximate surface area is 157 Å². The van der Waals surface area contributed by atoms with E-state index >= 15 is 0 Å². The first-order chi connectivity index (χ1) is 13.2. The van der Waals surface area contributed by atoms with Crippen molar-refractivity contribution >= 4 is 17.2 Å². The van der Waals surface area contributed by atoms with Gasteiger partial charge in [0, 0.05) is 62.3 Å². The maximum absolute atomic E-state index is 14.3. The monoisotopic (exact) mass is 374 g/mol. The zero-order chi connectivity index (χ0) is 18.6. The molecule has 2 fully saturated rings. The molecule has 0 spiro atoms. The standard InChI is InChI=1S/C20H24F2N4O/c21-15-2-1-3-18(11-15)26-13-16(22)10-17(14-26)24-20-12-19(4-5-23-20)25-6-8-27-9-7-25/h1-5,11-12,16-17H,6-10,13-14H2,(H,23,24)/t16-,17+/m0/s1. The van der Waals surface area contributed by atoms with Gasteiger partial charge in [-0.15, -0.1) is 0 Å². The molecule has 0 unspecified atom stereocenters. The molecular weight excluding hydrogens is 350 g/mol. The number of alkyl halides is 1. The van der Waals surface area contributed by atoms with Crippen LogP contribution in [0.3, 0.4) is 0 Å². The number of rotatable bonds is 4. The summed E-state index contributed by atoms with van der Waals surface area (Å²) in [5.41, 5.74) is 1.80. The summed E-state index contributed by atoms with van der Waals surface area (Å²) >= 11 is 0. The molecule has 2 saturated heterocycles. The Kier molecular flexibility index (Phi) is 5.38. The normalized spacial score (nSPS) is 23.3. The van der Waals surface area contributed by atoms with Crippen molar-refractivity contribution in [3.05, 3.63) is 48.4 Å². The Morgan fingerprint density at radius 1 is 1.04 bits per heavy atom. The maximum atomic E-state index is 14.3. The van der Waals surface area contributed by atoms with Crippen LogP contribution in [0.5, 0.6) is 0 Å². The second-order valence-corrected chi connectivity index (χ2v) is 7.06. The Morgan fingerprint density at radius 2 is 1.85 bits per heavy atom. The van der Waals surface area contributed by atoms with Gasteiger partial charge in [0.2, 0.25) is 0 Å². The number of piperidine rings is 1. The van der Waals surface area contributed by atoms with Crippen molar-refractivity contribution in [1.82, 2.24) is 4.98 Å². The van der Waals surface area contributed by atoms with Crippen molar-refractivity contribution in [1.29, 1.82) is 0 Å². The van der Waals surface area contributed by atoms with Crippen LogP contribution >= 0.6 is 0 Å². The molecule has 144 valence electrons. The van der Waals surface area contributed by atoms with E-state index < -0.39 is 6.17 Å². The first-order valence-corrected chi connectivity index (χ1v) is 9.37. The minimum Gasteiger partial charge on any atom is -0.378 e. The van der Waals surface area contributed by atoms with Crippen LogP contribution in [0.4, 0.5) is 26.0 Å². The van der Waals surface area contributed by atoms with Crippen LogP contribution in [-0.4, -0.2) is 56.6 Å². The lowest BCUT2D eigenvalue weighted by atomic mass is 10.0. The van der Waals surface area contributed by atoms with Crippen LogP contribution in [0.15, 0.2) is 42.6 Å². The molecule has 0 aliphatic carbocycles. The van der Waals surface area contributed by atoms with Gasteiger partial charge < -0.3 is 19.9 Å². The van der Waals surface area contributed by atoms with E-state index in [9.17, 15) is 8.78 Å². The van der Waals surface area contributed by atoms with Crippen LogP contribution in [0.1, 0.15) is 6.42 Å². The second kappa shape index (κ2) is 8.08. The van der Waals surface area contributed by atoms with E-state index in [1.54, 1.807) is 12.3 Å². The van der Waals surface area contributed by atoms with Crippen molar-refractivity contribution in [3.8, 4) is 0 Å². The molecule has 2 aliphatic rings. The third-order valence-corrected chi connectivity index (χ3v) is 5.04. The lowest BCUT2D eigenvalue weighted by molar-refractivity contribution is 0.122. The fourth-order valence-corrected chi connectivity index (χ4v) is 3.75. The molecule has 2 aromatic rings. The molecular formula is C20H24F2N4O. The minimum absolute atomic E-state index is 0.0931. The molecule has 1 aromatic heterocycles. The predicted octanol–water partition coefficient (Wildman–Crippen LogP) is 3.09. The lowest BCUT2D eigenvalue weighted by Crippen LogP contribution is -2.47. The van der Waals surface area contributed by atoms with Gasteiger partial charge in [-0.05, 0) is 24.3 Å². The highest BCUT2D eigenvalue weighted by molar-refractivity contribution is 5.55. The van der Waals surface area contributed by atoms with Gasteiger partial charge >= 0.3 is 0 Å². The van der Waals surface area contributed by atoms with Crippen molar-refractivity contribution in [2.24, 2.45) is 0 Å². The Balaban J connectivity index is 1.45. The number of pyridine rings is 1. The predicted molar refractivity (Wildman–Crippen MR) is 103 cm³/mol. The molecule has 4 rings (SSSR count). The smallest absolute Gasteiger partial charge is 0.128 e. The highest BCUT2D eigenvalue weighted by atomic mass is 19.1. The van der Waals surface area contributed by atoms with Crippen molar-refractivity contribution in [2.45, 2.75) is 18.6 Å². The number of hydrogen-bond acceptors (Lipinski definition) is 5. The molecule has 0 radical (unpaired) electrons.